The molecule has 3 aromatic rings. The van der Waals surface area contributed by atoms with Crippen molar-refractivity contribution >= 4 is 17.3 Å². The minimum absolute atomic E-state index is 0.146. The van der Waals surface area contributed by atoms with E-state index in [-0.39, 0.29) is 11.7 Å². The third kappa shape index (κ3) is 4.90. The molecule has 0 unspecified atom stereocenters. The number of nitrogens with zero attached hydrogens (tertiary/aromatic N) is 2. The van der Waals surface area contributed by atoms with Gasteiger partial charge in [-0.1, -0.05) is 18.2 Å². The third-order valence-electron chi connectivity index (χ3n) is 4.23. The van der Waals surface area contributed by atoms with Gasteiger partial charge in [0.1, 0.15) is 18.1 Å². The van der Waals surface area contributed by atoms with Crippen molar-refractivity contribution in [3.05, 3.63) is 84.4 Å². The Bertz CT molecular complexity index is 891. The molecule has 0 spiro atoms. The standard InChI is InChI=1S/C23H24N2O3/c1-24(2)16-17-28-22-14-10-20(11-15-22)25(19-8-12-21(26)13-9-19)23(27)18-6-4-3-5-7-18/h3-15,26H,16-17H2,1-2H3. The van der Waals surface area contributed by atoms with Gasteiger partial charge in [-0.05, 0) is 74.8 Å². The molecule has 5 heteroatoms. The van der Waals surface area contributed by atoms with Crippen LogP contribution in [-0.4, -0.2) is 43.2 Å². The van der Waals surface area contributed by atoms with E-state index in [1.807, 2.05) is 56.6 Å². The van der Waals surface area contributed by atoms with Crippen LogP contribution in [0.1, 0.15) is 10.4 Å². The van der Waals surface area contributed by atoms with Gasteiger partial charge < -0.3 is 14.7 Å². The number of anilines is 2. The van der Waals surface area contributed by atoms with E-state index in [0.29, 0.717) is 17.9 Å². The second-order valence-electron chi connectivity index (χ2n) is 6.67. The summed E-state index contributed by atoms with van der Waals surface area (Å²) in [6.07, 6.45) is 0. The van der Waals surface area contributed by atoms with E-state index in [9.17, 15) is 9.90 Å². The number of hydrogen-bond acceptors (Lipinski definition) is 4. The Balaban J connectivity index is 1.88. The molecule has 0 saturated carbocycles. The maximum absolute atomic E-state index is 13.2. The van der Waals surface area contributed by atoms with E-state index in [2.05, 4.69) is 4.90 Å². The van der Waals surface area contributed by atoms with E-state index in [4.69, 9.17) is 4.74 Å². The molecule has 0 aromatic heterocycles. The second kappa shape index (κ2) is 9.06. The molecular weight excluding hydrogens is 352 g/mol. The first-order valence-corrected chi connectivity index (χ1v) is 9.11. The summed E-state index contributed by atoms with van der Waals surface area (Å²) in [4.78, 5) is 16.9. The first kappa shape index (κ1) is 19.5. The molecule has 0 saturated heterocycles. The SMILES string of the molecule is CN(C)CCOc1ccc(N(C(=O)c2ccccc2)c2ccc(O)cc2)cc1. The first-order valence-electron chi connectivity index (χ1n) is 9.11. The Morgan fingerprint density at radius 1 is 0.857 bits per heavy atom. The Hall–Kier alpha value is -3.31. The lowest BCUT2D eigenvalue weighted by atomic mass is 10.1. The molecule has 0 atom stereocenters. The normalized spacial score (nSPS) is 10.7. The average molecular weight is 376 g/mol. The van der Waals surface area contributed by atoms with Crippen LogP contribution in [-0.2, 0) is 0 Å². The van der Waals surface area contributed by atoms with E-state index in [1.54, 1.807) is 41.3 Å². The van der Waals surface area contributed by atoms with Crippen LogP contribution >= 0.6 is 0 Å². The smallest absolute Gasteiger partial charge is 0.262 e. The van der Waals surface area contributed by atoms with E-state index in [1.165, 1.54) is 0 Å². The number of likely N-dealkylation sites (N-methyl/N-ethyl adjacent to an activating group) is 1. The highest BCUT2D eigenvalue weighted by Crippen LogP contribution is 2.30. The van der Waals surface area contributed by atoms with Crippen LogP contribution < -0.4 is 9.64 Å². The predicted octanol–water partition coefficient (Wildman–Crippen LogP) is 4.31. The predicted molar refractivity (Wildman–Crippen MR) is 112 cm³/mol. The monoisotopic (exact) mass is 376 g/mol. The summed E-state index contributed by atoms with van der Waals surface area (Å²) in [6.45, 7) is 1.42. The largest absolute Gasteiger partial charge is 0.508 e. The highest BCUT2D eigenvalue weighted by molar-refractivity contribution is 6.10. The fourth-order valence-corrected chi connectivity index (χ4v) is 2.73. The van der Waals surface area contributed by atoms with Crippen molar-refractivity contribution in [2.45, 2.75) is 0 Å². The second-order valence-corrected chi connectivity index (χ2v) is 6.67. The average Bonchev–Trinajstić information content (AvgIpc) is 2.71. The molecule has 144 valence electrons. The minimum atomic E-state index is -0.146. The van der Waals surface area contributed by atoms with Crippen LogP contribution in [0.2, 0.25) is 0 Å². The number of aromatic hydroxyl groups is 1. The molecule has 28 heavy (non-hydrogen) atoms. The van der Waals surface area contributed by atoms with Crippen LogP contribution in [0.25, 0.3) is 0 Å². The van der Waals surface area contributed by atoms with Crippen molar-refractivity contribution in [1.82, 2.24) is 4.90 Å². The lowest BCUT2D eigenvalue weighted by Crippen LogP contribution is -2.25. The van der Waals surface area contributed by atoms with Crippen molar-refractivity contribution in [2.24, 2.45) is 0 Å². The van der Waals surface area contributed by atoms with E-state index in [0.717, 1.165) is 18.0 Å². The van der Waals surface area contributed by atoms with Gasteiger partial charge in [-0.2, -0.15) is 0 Å². The number of phenolic OH excluding ortho intramolecular Hbond substituents is 1. The molecular formula is C23H24N2O3. The summed E-state index contributed by atoms with van der Waals surface area (Å²) in [5, 5.41) is 9.60. The Labute approximate surface area is 165 Å². The Morgan fingerprint density at radius 2 is 1.43 bits per heavy atom. The quantitative estimate of drug-likeness (QED) is 0.668. The van der Waals surface area contributed by atoms with Crippen LogP contribution in [0, 0.1) is 0 Å². The van der Waals surface area contributed by atoms with Crippen molar-refractivity contribution in [2.75, 3.05) is 32.1 Å². The lowest BCUT2D eigenvalue weighted by Gasteiger charge is -2.23. The number of ether oxygens (including phenoxy) is 1. The molecule has 0 aliphatic rings. The van der Waals surface area contributed by atoms with Gasteiger partial charge in [0, 0.05) is 23.5 Å². The number of carbonyl (C=O) groups excluding carboxylic acids is 1. The molecule has 1 N–H and O–H groups in total. The maximum atomic E-state index is 13.2. The van der Waals surface area contributed by atoms with Gasteiger partial charge in [0.15, 0.2) is 0 Å². The van der Waals surface area contributed by atoms with Gasteiger partial charge in [0.2, 0.25) is 0 Å². The van der Waals surface area contributed by atoms with Crippen LogP contribution in [0.4, 0.5) is 11.4 Å². The molecule has 0 fully saturated rings. The van der Waals surface area contributed by atoms with E-state index < -0.39 is 0 Å². The molecule has 0 bridgehead atoms. The number of rotatable bonds is 7. The molecule has 0 aliphatic heterocycles. The maximum Gasteiger partial charge on any atom is 0.262 e. The molecule has 5 nitrogen and oxygen atoms in total. The molecule has 3 aromatic carbocycles. The van der Waals surface area contributed by atoms with Gasteiger partial charge in [-0.25, -0.2) is 0 Å². The van der Waals surface area contributed by atoms with Gasteiger partial charge in [0.25, 0.3) is 5.91 Å². The molecule has 0 radical (unpaired) electrons. The fraction of sp³-hybridized carbons (Fsp3) is 0.174. The highest BCUT2D eigenvalue weighted by atomic mass is 16.5. The van der Waals surface area contributed by atoms with Crippen molar-refractivity contribution in [1.29, 1.82) is 0 Å². The van der Waals surface area contributed by atoms with Gasteiger partial charge >= 0.3 is 0 Å². The van der Waals surface area contributed by atoms with Gasteiger partial charge in [-0.3, -0.25) is 9.69 Å². The molecule has 0 heterocycles. The van der Waals surface area contributed by atoms with Crippen LogP contribution in [0.15, 0.2) is 78.9 Å². The molecule has 3 rings (SSSR count). The summed E-state index contributed by atoms with van der Waals surface area (Å²) < 4.78 is 5.74. The summed E-state index contributed by atoms with van der Waals surface area (Å²) in [5.74, 6) is 0.761. The zero-order chi connectivity index (χ0) is 19.9. The Kier molecular flexibility index (Phi) is 6.29. The zero-order valence-electron chi connectivity index (χ0n) is 16.1. The summed E-state index contributed by atoms with van der Waals surface area (Å²) in [5.41, 5.74) is 1.98. The molecule has 0 aliphatic carbocycles. The van der Waals surface area contributed by atoms with E-state index >= 15 is 0 Å². The van der Waals surface area contributed by atoms with Crippen molar-refractivity contribution in [3.8, 4) is 11.5 Å². The number of phenols is 1. The summed E-state index contributed by atoms with van der Waals surface area (Å²) in [7, 11) is 3.99. The van der Waals surface area contributed by atoms with Gasteiger partial charge in [-0.15, -0.1) is 0 Å². The third-order valence-corrected chi connectivity index (χ3v) is 4.23. The van der Waals surface area contributed by atoms with Crippen molar-refractivity contribution in [3.63, 3.8) is 0 Å². The highest BCUT2D eigenvalue weighted by Gasteiger charge is 2.19. The van der Waals surface area contributed by atoms with Crippen LogP contribution in [0.5, 0.6) is 11.5 Å². The number of amides is 1. The topological polar surface area (TPSA) is 53.0 Å². The fourth-order valence-electron chi connectivity index (χ4n) is 2.73. The Morgan fingerprint density at radius 3 is 2.00 bits per heavy atom. The van der Waals surface area contributed by atoms with Gasteiger partial charge in [0.05, 0.1) is 0 Å². The number of carbonyl (C=O) groups is 1. The minimum Gasteiger partial charge on any atom is -0.508 e. The molecule has 1 amide bonds. The summed E-state index contributed by atoms with van der Waals surface area (Å²) >= 11 is 0. The first-order chi connectivity index (χ1) is 13.5. The van der Waals surface area contributed by atoms with Crippen LogP contribution in [0.3, 0.4) is 0 Å². The number of hydrogen-bond donors (Lipinski definition) is 1. The zero-order valence-corrected chi connectivity index (χ0v) is 16.1. The summed E-state index contributed by atoms with van der Waals surface area (Å²) in [6, 6.07) is 23.1. The lowest BCUT2D eigenvalue weighted by molar-refractivity contribution is 0.0999. The number of benzene rings is 3. The van der Waals surface area contributed by atoms with Crippen molar-refractivity contribution < 1.29 is 14.6 Å².